The monoisotopic (exact) mass is 275 g/mol. The number of ether oxygens (including phenoxy) is 2. The molecule has 1 saturated heterocycles. The van der Waals surface area contributed by atoms with Crippen molar-refractivity contribution in [2.24, 2.45) is 0 Å². The maximum absolute atomic E-state index is 5.86. The Morgan fingerprint density at radius 1 is 1.40 bits per heavy atom. The molecule has 1 N–H and O–H groups in total. The Morgan fingerprint density at radius 2 is 2.30 bits per heavy atom. The van der Waals surface area contributed by atoms with Gasteiger partial charge in [-0.1, -0.05) is 12.1 Å². The SMILES string of the molecule is COc1cccc2cc(CNCC3(C)CCCO3)oc12. The molecule has 20 heavy (non-hydrogen) atoms. The largest absolute Gasteiger partial charge is 0.493 e. The van der Waals surface area contributed by atoms with E-state index in [0.29, 0.717) is 6.54 Å². The smallest absolute Gasteiger partial charge is 0.176 e. The highest BCUT2D eigenvalue weighted by atomic mass is 16.5. The van der Waals surface area contributed by atoms with Crippen molar-refractivity contribution in [3.8, 4) is 5.75 Å². The van der Waals surface area contributed by atoms with Crippen LogP contribution in [0.15, 0.2) is 28.7 Å². The second kappa shape index (κ2) is 5.46. The van der Waals surface area contributed by atoms with Gasteiger partial charge in [0.2, 0.25) is 0 Å². The van der Waals surface area contributed by atoms with Gasteiger partial charge in [-0.2, -0.15) is 0 Å². The number of nitrogens with one attached hydrogen (secondary N) is 1. The number of methoxy groups -OCH3 is 1. The number of benzene rings is 1. The van der Waals surface area contributed by atoms with Crippen LogP contribution in [-0.4, -0.2) is 25.9 Å². The van der Waals surface area contributed by atoms with Crippen molar-refractivity contribution >= 4 is 11.0 Å². The Balaban J connectivity index is 1.66. The summed E-state index contributed by atoms with van der Waals surface area (Å²) in [6.07, 6.45) is 2.27. The predicted molar refractivity (Wildman–Crippen MR) is 78.1 cm³/mol. The predicted octanol–water partition coefficient (Wildman–Crippen LogP) is 3.10. The molecule has 1 aliphatic heterocycles. The van der Waals surface area contributed by atoms with Crippen molar-refractivity contribution in [3.63, 3.8) is 0 Å². The van der Waals surface area contributed by atoms with E-state index in [1.807, 2.05) is 18.2 Å². The van der Waals surface area contributed by atoms with Crippen LogP contribution >= 0.6 is 0 Å². The lowest BCUT2D eigenvalue weighted by atomic mass is 10.0. The molecular formula is C16H21NO3. The molecule has 1 atom stereocenters. The molecule has 1 aliphatic rings. The van der Waals surface area contributed by atoms with Gasteiger partial charge in [0.15, 0.2) is 11.3 Å². The number of para-hydroxylation sites is 1. The van der Waals surface area contributed by atoms with E-state index in [-0.39, 0.29) is 5.60 Å². The Hall–Kier alpha value is -1.52. The molecule has 2 aromatic rings. The van der Waals surface area contributed by atoms with Crippen molar-refractivity contribution in [2.45, 2.75) is 31.9 Å². The molecule has 3 rings (SSSR count). The van der Waals surface area contributed by atoms with Crippen molar-refractivity contribution in [1.82, 2.24) is 5.32 Å². The average molecular weight is 275 g/mol. The zero-order valence-electron chi connectivity index (χ0n) is 12.1. The van der Waals surface area contributed by atoms with Gasteiger partial charge in [-0.15, -0.1) is 0 Å². The van der Waals surface area contributed by atoms with E-state index < -0.39 is 0 Å². The van der Waals surface area contributed by atoms with Gasteiger partial charge in [0.1, 0.15) is 5.76 Å². The van der Waals surface area contributed by atoms with Gasteiger partial charge in [0.05, 0.1) is 19.3 Å². The summed E-state index contributed by atoms with van der Waals surface area (Å²) in [7, 11) is 1.66. The highest BCUT2D eigenvalue weighted by Crippen LogP contribution is 2.28. The Kier molecular flexibility index (Phi) is 3.68. The molecule has 0 bridgehead atoms. The number of rotatable bonds is 5. The van der Waals surface area contributed by atoms with E-state index in [9.17, 15) is 0 Å². The third kappa shape index (κ3) is 2.67. The Morgan fingerprint density at radius 3 is 3.05 bits per heavy atom. The summed E-state index contributed by atoms with van der Waals surface area (Å²) < 4.78 is 16.9. The van der Waals surface area contributed by atoms with Crippen molar-refractivity contribution < 1.29 is 13.9 Å². The van der Waals surface area contributed by atoms with Crippen molar-refractivity contribution in [1.29, 1.82) is 0 Å². The summed E-state index contributed by atoms with van der Waals surface area (Å²) in [6.45, 7) is 4.59. The van der Waals surface area contributed by atoms with Crippen LogP contribution in [0.2, 0.25) is 0 Å². The Labute approximate surface area is 119 Å². The fraction of sp³-hybridized carbons (Fsp3) is 0.500. The molecule has 1 fully saturated rings. The number of hydrogen-bond acceptors (Lipinski definition) is 4. The maximum Gasteiger partial charge on any atom is 0.176 e. The minimum Gasteiger partial charge on any atom is -0.493 e. The normalized spacial score (nSPS) is 22.5. The molecular weight excluding hydrogens is 254 g/mol. The van der Waals surface area contributed by atoms with Crippen LogP contribution in [0.4, 0.5) is 0 Å². The Bertz CT molecular complexity index is 584. The first-order valence-electron chi connectivity index (χ1n) is 7.10. The van der Waals surface area contributed by atoms with Gasteiger partial charge in [-0.25, -0.2) is 0 Å². The summed E-state index contributed by atoms with van der Waals surface area (Å²) in [6, 6.07) is 7.98. The molecule has 108 valence electrons. The highest BCUT2D eigenvalue weighted by Gasteiger charge is 2.29. The standard InChI is InChI=1S/C16H21NO3/c1-16(7-4-8-19-16)11-17-10-13-9-12-5-3-6-14(18-2)15(12)20-13/h3,5-6,9,17H,4,7-8,10-11H2,1-2H3. The maximum atomic E-state index is 5.86. The fourth-order valence-corrected chi connectivity index (χ4v) is 2.76. The quantitative estimate of drug-likeness (QED) is 0.910. The van der Waals surface area contributed by atoms with E-state index in [4.69, 9.17) is 13.9 Å². The molecule has 4 heteroatoms. The van der Waals surface area contributed by atoms with Crippen LogP contribution in [0.3, 0.4) is 0 Å². The van der Waals surface area contributed by atoms with E-state index >= 15 is 0 Å². The molecule has 1 aromatic carbocycles. The summed E-state index contributed by atoms with van der Waals surface area (Å²) in [5.41, 5.74) is 0.791. The second-order valence-corrected chi connectivity index (χ2v) is 5.60. The number of fused-ring (bicyclic) bond motifs is 1. The van der Waals surface area contributed by atoms with Gasteiger partial charge in [0.25, 0.3) is 0 Å². The van der Waals surface area contributed by atoms with Gasteiger partial charge in [-0.05, 0) is 31.9 Å². The summed E-state index contributed by atoms with van der Waals surface area (Å²) in [5, 5.41) is 4.50. The minimum atomic E-state index is -0.0241. The molecule has 0 aliphatic carbocycles. The van der Waals surface area contributed by atoms with E-state index in [2.05, 4.69) is 18.3 Å². The van der Waals surface area contributed by atoms with Crippen molar-refractivity contribution in [2.75, 3.05) is 20.3 Å². The second-order valence-electron chi connectivity index (χ2n) is 5.60. The van der Waals surface area contributed by atoms with Crippen LogP contribution in [0.1, 0.15) is 25.5 Å². The lowest BCUT2D eigenvalue weighted by Crippen LogP contribution is -2.36. The first kappa shape index (κ1) is 13.5. The molecule has 0 radical (unpaired) electrons. The van der Waals surface area contributed by atoms with Gasteiger partial charge in [-0.3, -0.25) is 0 Å². The third-order valence-electron chi connectivity index (χ3n) is 3.88. The molecule has 1 unspecified atom stereocenters. The molecule has 0 amide bonds. The van der Waals surface area contributed by atoms with E-state index in [0.717, 1.165) is 48.5 Å². The zero-order chi connectivity index (χ0) is 14.0. The van der Waals surface area contributed by atoms with Crippen LogP contribution in [0.25, 0.3) is 11.0 Å². The van der Waals surface area contributed by atoms with Gasteiger partial charge < -0.3 is 19.2 Å². The summed E-state index contributed by atoms with van der Waals surface area (Å²) in [5.74, 6) is 1.70. The van der Waals surface area contributed by atoms with Crippen LogP contribution < -0.4 is 10.1 Å². The van der Waals surface area contributed by atoms with Crippen LogP contribution in [0, 0.1) is 0 Å². The number of furan rings is 1. The van der Waals surface area contributed by atoms with Crippen LogP contribution in [-0.2, 0) is 11.3 Å². The zero-order valence-corrected chi connectivity index (χ0v) is 12.1. The fourth-order valence-electron chi connectivity index (χ4n) is 2.76. The molecule has 0 spiro atoms. The highest BCUT2D eigenvalue weighted by molar-refractivity contribution is 5.83. The van der Waals surface area contributed by atoms with Gasteiger partial charge in [0, 0.05) is 18.5 Å². The number of hydrogen-bond donors (Lipinski definition) is 1. The summed E-state index contributed by atoms with van der Waals surface area (Å²) >= 11 is 0. The first-order valence-corrected chi connectivity index (χ1v) is 7.10. The average Bonchev–Trinajstić information content (AvgIpc) is 3.04. The minimum absolute atomic E-state index is 0.0241. The topological polar surface area (TPSA) is 43.6 Å². The van der Waals surface area contributed by atoms with Gasteiger partial charge >= 0.3 is 0 Å². The van der Waals surface area contributed by atoms with Crippen molar-refractivity contribution in [3.05, 3.63) is 30.0 Å². The van der Waals surface area contributed by atoms with Crippen LogP contribution in [0.5, 0.6) is 5.75 Å². The lowest BCUT2D eigenvalue weighted by Gasteiger charge is -2.23. The van der Waals surface area contributed by atoms with E-state index in [1.165, 1.54) is 0 Å². The summed E-state index contributed by atoms with van der Waals surface area (Å²) in [4.78, 5) is 0. The van der Waals surface area contributed by atoms with E-state index in [1.54, 1.807) is 7.11 Å². The first-order chi connectivity index (χ1) is 9.70. The molecule has 2 heterocycles. The molecule has 1 aromatic heterocycles. The molecule has 0 saturated carbocycles. The lowest BCUT2D eigenvalue weighted by molar-refractivity contribution is 0.0204. The molecule has 4 nitrogen and oxygen atoms in total. The third-order valence-corrected chi connectivity index (χ3v) is 3.88.